The lowest BCUT2D eigenvalue weighted by molar-refractivity contribution is -0.204. The molecule has 0 aliphatic carbocycles. The number of carbonyl (C=O) groups is 1. The lowest BCUT2D eigenvalue weighted by atomic mass is 9.86. The van der Waals surface area contributed by atoms with Crippen molar-refractivity contribution in [2.75, 3.05) is 13.1 Å². The third kappa shape index (κ3) is 2.30. The highest BCUT2D eigenvalue weighted by atomic mass is 35.5. The predicted molar refractivity (Wildman–Crippen MR) is 58.0 cm³/mol. The molecule has 18 heavy (non-hydrogen) atoms. The maximum atomic E-state index is 12.1. The third-order valence-electron chi connectivity index (χ3n) is 2.82. The molecule has 98 valence electrons. The fraction of sp³-hybridized carbons (Fsp3) is 0.364. The Labute approximate surface area is 106 Å². The van der Waals surface area contributed by atoms with E-state index in [9.17, 15) is 23.1 Å². The van der Waals surface area contributed by atoms with Gasteiger partial charge in [-0.25, -0.2) is 0 Å². The second-order valence-electron chi connectivity index (χ2n) is 4.20. The van der Waals surface area contributed by atoms with E-state index >= 15 is 0 Å². The SMILES string of the molecule is O=C(N1CC(O)(c2ccc(Cl)cc2)C1)C(F)(F)F. The molecule has 1 aromatic carbocycles. The van der Waals surface area contributed by atoms with E-state index in [2.05, 4.69) is 0 Å². The topological polar surface area (TPSA) is 40.5 Å². The molecule has 1 amide bonds. The number of hydrogen-bond acceptors (Lipinski definition) is 2. The summed E-state index contributed by atoms with van der Waals surface area (Å²) in [4.78, 5) is 11.5. The molecule has 0 atom stereocenters. The summed E-state index contributed by atoms with van der Waals surface area (Å²) in [6, 6.07) is 6.11. The van der Waals surface area contributed by atoms with Gasteiger partial charge in [-0.2, -0.15) is 13.2 Å². The Bertz CT molecular complexity index is 466. The average molecular weight is 280 g/mol. The van der Waals surface area contributed by atoms with Crippen molar-refractivity contribution in [1.29, 1.82) is 0 Å². The van der Waals surface area contributed by atoms with Crippen molar-refractivity contribution in [2.24, 2.45) is 0 Å². The molecular weight excluding hydrogens is 271 g/mol. The second-order valence-corrected chi connectivity index (χ2v) is 4.63. The van der Waals surface area contributed by atoms with Crippen LogP contribution in [0.2, 0.25) is 5.02 Å². The van der Waals surface area contributed by atoms with Gasteiger partial charge in [0.2, 0.25) is 0 Å². The van der Waals surface area contributed by atoms with Gasteiger partial charge in [0.25, 0.3) is 0 Å². The first kappa shape index (κ1) is 13.2. The first-order valence-corrected chi connectivity index (χ1v) is 5.45. The van der Waals surface area contributed by atoms with Crippen LogP contribution in [0.15, 0.2) is 24.3 Å². The van der Waals surface area contributed by atoms with Crippen LogP contribution >= 0.6 is 11.6 Å². The number of carbonyl (C=O) groups excluding carboxylic acids is 1. The second kappa shape index (κ2) is 4.13. The monoisotopic (exact) mass is 279 g/mol. The summed E-state index contributed by atoms with van der Waals surface area (Å²) in [7, 11) is 0. The maximum absolute atomic E-state index is 12.1. The lowest BCUT2D eigenvalue weighted by Crippen LogP contribution is -2.63. The van der Waals surface area contributed by atoms with Crippen LogP contribution in [0.4, 0.5) is 13.2 Å². The Balaban J connectivity index is 2.07. The van der Waals surface area contributed by atoms with Gasteiger partial charge in [0.15, 0.2) is 0 Å². The molecule has 1 aliphatic rings. The van der Waals surface area contributed by atoms with Crippen molar-refractivity contribution in [1.82, 2.24) is 4.90 Å². The quantitative estimate of drug-likeness (QED) is 0.853. The zero-order chi connectivity index (χ0) is 13.6. The van der Waals surface area contributed by atoms with Gasteiger partial charge in [-0.05, 0) is 17.7 Å². The number of likely N-dealkylation sites (tertiary alicyclic amines) is 1. The van der Waals surface area contributed by atoms with Gasteiger partial charge in [-0.1, -0.05) is 23.7 Å². The summed E-state index contributed by atoms with van der Waals surface area (Å²) in [5, 5.41) is 10.5. The molecule has 1 heterocycles. The molecule has 0 unspecified atom stereocenters. The minimum Gasteiger partial charge on any atom is -0.381 e. The summed E-state index contributed by atoms with van der Waals surface area (Å²) >= 11 is 5.67. The number of rotatable bonds is 1. The number of alkyl halides is 3. The van der Waals surface area contributed by atoms with E-state index in [0.717, 1.165) is 0 Å². The Hall–Kier alpha value is -1.27. The highest BCUT2D eigenvalue weighted by Crippen LogP contribution is 2.34. The Morgan fingerprint density at radius 3 is 2.22 bits per heavy atom. The van der Waals surface area contributed by atoms with Crippen LogP contribution in [-0.2, 0) is 10.4 Å². The molecule has 1 aromatic rings. The van der Waals surface area contributed by atoms with Gasteiger partial charge in [-0.3, -0.25) is 4.79 Å². The lowest BCUT2D eigenvalue weighted by Gasteiger charge is -2.46. The van der Waals surface area contributed by atoms with E-state index in [4.69, 9.17) is 11.6 Å². The molecule has 1 fully saturated rings. The molecular formula is C11H9ClF3NO2. The number of aliphatic hydroxyl groups is 1. The largest absolute Gasteiger partial charge is 0.471 e. The van der Waals surface area contributed by atoms with Crippen molar-refractivity contribution < 1.29 is 23.1 Å². The van der Waals surface area contributed by atoms with Crippen LogP contribution in [0, 0.1) is 0 Å². The van der Waals surface area contributed by atoms with Gasteiger partial charge in [0, 0.05) is 5.02 Å². The number of halogens is 4. The molecule has 1 N–H and O–H groups in total. The van der Waals surface area contributed by atoms with Gasteiger partial charge >= 0.3 is 12.1 Å². The summed E-state index contributed by atoms with van der Waals surface area (Å²) < 4.78 is 36.4. The van der Waals surface area contributed by atoms with Gasteiger partial charge in [0.1, 0.15) is 5.60 Å². The number of benzene rings is 1. The number of nitrogens with zero attached hydrogens (tertiary/aromatic N) is 1. The van der Waals surface area contributed by atoms with Crippen LogP contribution in [0.3, 0.4) is 0 Å². The Kier molecular flexibility index (Phi) is 3.03. The highest BCUT2D eigenvalue weighted by Gasteiger charge is 2.52. The maximum Gasteiger partial charge on any atom is 0.471 e. The van der Waals surface area contributed by atoms with Crippen LogP contribution in [0.5, 0.6) is 0 Å². The summed E-state index contributed by atoms with van der Waals surface area (Å²) in [5.74, 6) is -1.93. The molecule has 1 saturated heterocycles. The molecule has 0 radical (unpaired) electrons. The normalized spacial score (nSPS) is 18.4. The summed E-state index contributed by atoms with van der Waals surface area (Å²) in [6.07, 6.45) is -4.90. The minimum absolute atomic E-state index is 0.368. The Morgan fingerprint density at radius 1 is 1.28 bits per heavy atom. The van der Waals surface area contributed by atoms with Crippen molar-refractivity contribution in [3.05, 3.63) is 34.9 Å². The smallest absolute Gasteiger partial charge is 0.381 e. The molecule has 0 aromatic heterocycles. The number of β-amino-alcohol motifs (C(OH)–C–C–N with tert-alkyl or cyclic N) is 1. The van der Waals surface area contributed by atoms with Crippen LogP contribution < -0.4 is 0 Å². The van der Waals surface area contributed by atoms with E-state index in [1.165, 1.54) is 24.3 Å². The molecule has 7 heteroatoms. The first-order chi connectivity index (χ1) is 8.22. The molecule has 0 spiro atoms. The van der Waals surface area contributed by atoms with E-state index in [-0.39, 0.29) is 13.1 Å². The third-order valence-corrected chi connectivity index (χ3v) is 3.07. The molecule has 0 bridgehead atoms. The number of amides is 1. The van der Waals surface area contributed by atoms with Gasteiger partial charge in [0.05, 0.1) is 13.1 Å². The van der Waals surface area contributed by atoms with Crippen LogP contribution in [0.1, 0.15) is 5.56 Å². The molecule has 2 rings (SSSR count). The summed E-state index contributed by atoms with van der Waals surface area (Å²) in [6.45, 7) is -0.736. The van der Waals surface area contributed by atoms with Crippen molar-refractivity contribution in [3.8, 4) is 0 Å². The number of hydrogen-bond donors (Lipinski definition) is 1. The average Bonchev–Trinajstić information content (AvgIpc) is 2.23. The first-order valence-electron chi connectivity index (χ1n) is 5.07. The fourth-order valence-electron chi connectivity index (χ4n) is 1.85. The van der Waals surface area contributed by atoms with Crippen LogP contribution in [0.25, 0.3) is 0 Å². The highest BCUT2D eigenvalue weighted by molar-refractivity contribution is 6.30. The van der Waals surface area contributed by atoms with Crippen molar-refractivity contribution in [3.63, 3.8) is 0 Å². The zero-order valence-corrected chi connectivity index (χ0v) is 9.79. The van der Waals surface area contributed by atoms with E-state index < -0.39 is 17.7 Å². The van der Waals surface area contributed by atoms with E-state index in [1.807, 2.05) is 0 Å². The fourth-order valence-corrected chi connectivity index (χ4v) is 1.98. The Morgan fingerprint density at radius 2 is 1.78 bits per heavy atom. The van der Waals surface area contributed by atoms with Gasteiger partial charge < -0.3 is 10.0 Å². The van der Waals surface area contributed by atoms with Crippen molar-refractivity contribution in [2.45, 2.75) is 11.8 Å². The minimum atomic E-state index is -4.90. The zero-order valence-electron chi connectivity index (χ0n) is 9.04. The van der Waals surface area contributed by atoms with E-state index in [1.54, 1.807) is 0 Å². The molecule has 1 aliphatic heterocycles. The summed E-state index contributed by atoms with van der Waals surface area (Å²) in [5.41, 5.74) is -0.982. The van der Waals surface area contributed by atoms with E-state index in [0.29, 0.717) is 15.5 Å². The van der Waals surface area contributed by atoms with Crippen molar-refractivity contribution >= 4 is 17.5 Å². The van der Waals surface area contributed by atoms with Gasteiger partial charge in [-0.15, -0.1) is 0 Å². The standard InChI is InChI=1S/C11H9ClF3NO2/c12-8-3-1-7(2-4-8)10(18)5-16(6-10)9(17)11(13,14)15/h1-4,18H,5-6H2. The molecule has 0 saturated carbocycles. The van der Waals surface area contributed by atoms with Crippen LogP contribution in [-0.4, -0.2) is 35.2 Å². The molecule has 3 nitrogen and oxygen atoms in total. The predicted octanol–water partition coefficient (Wildman–Crippen LogP) is 1.93.